The molecule has 0 unspecified atom stereocenters. The molecule has 0 radical (unpaired) electrons. The molecule has 2 heteroatoms. The highest BCUT2D eigenvalue weighted by Crippen LogP contribution is 2.18. The van der Waals surface area contributed by atoms with Crippen LogP contribution >= 0.6 is 0 Å². The van der Waals surface area contributed by atoms with Crippen molar-refractivity contribution in [1.29, 1.82) is 0 Å². The molecule has 0 aromatic carbocycles. The molecule has 0 aromatic rings. The van der Waals surface area contributed by atoms with E-state index in [-0.39, 0.29) is 6.42 Å². The third-order valence-electron chi connectivity index (χ3n) is 2.22. The topological polar surface area (TPSA) is 37.3 Å². The molecular weight excluding hydrogens is 164 g/mol. The van der Waals surface area contributed by atoms with Crippen LogP contribution < -0.4 is 0 Å². The number of allylic oxidation sites excluding steroid dienone is 4. The molecular formula is C11H16O2. The quantitative estimate of drug-likeness (QED) is 0.678. The lowest BCUT2D eigenvalue weighted by Crippen LogP contribution is -1.92. The fourth-order valence-electron chi connectivity index (χ4n) is 1.50. The maximum absolute atomic E-state index is 10.3. The molecule has 0 saturated heterocycles. The molecule has 0 aliphatic heterocycles. The zero-order valence-electron chi connectivity index (χ0n) is 7.83. The predicted molar refractivity (Wildman–Crippen MR) is 52.6 cm³/mol. The molecule has 1 aliphatic rings. The van der Waals surface area contributed by atoms with Crippen LogP contribution in [0.3, 0.4) is 0 Å². The summed E-state index contributed by atoms with van der Waals surface area (Å²) in [5, 5.41) is 8.46. The van der Waals surface area contributed by atoms with Crippen molar-refractivity contribution < 1.29 is 9.90 Å². The first-order valence-electron chi connectivity index (χ1n) is 4.84. The summed E-state index contributed by atoms with van der Waals surface area (Å²) >= 11 is 0. The van der Waals surface area contributed by atoms with Crippen molar-refractivity contribution in [2.24, 2.45) is 0 Å². The van der Waals surface area contributed by atoms with Crippen molar-refractivity contribution in [2.45, 2.75) is 38.5 Å². The van der Waals surface area contributed by atoms with Gasteiger partial charge in [0.1, 0.15) is 0 Å². The molecule has 0 atom stereocenters. The van der Waals surface area contributed by atoms with Crippen LogP contribution in [0.15, 0.2) is 23.8 Å². The van der Waals surface area contributed by atoms with Crippen LogP contribution in [-0.2, 0) is 4.79 Å². The molecule has 72 valence electrons. The van der Waals surface area contributed by atoms with Crippen molar-refractivity contribution in [1.82, 2.24) is 0 Å². The van der Waals surface area contributed by atoms with Crippen LogP contribution in [-0.4, -0.2) is 11.1 Å². The van der Waals surface area contributed by atoms with Gasteiger partial charge in [-0.2, -0.15) is 0 Å². The second-order valence-corrected chi connectivity index (χ2v) is 3.34. The van der Waals surface area contributed by atoms with E-state index in [0.717, 1.165) is 25.7 Å². The summed E-state index contributed by atoms with van der Waals surface area (Å²) in [4.78, 5) is 10.3. The van der Waals surface area contributed by atoms with Crippen LogP contribution in [0, 0.1) is 0 Å². The van der Waals surface area contributed by atoms with E-state index >= 15 is 0 Å². The third kappa shape index (κ3) is 4.51. The van der Waals surface area contributed by atoms with Gasteiger partial charge in [0.2, 0.25) is 0 Å². The average Bonchev–Trinajstić information content (AvgIpc) is 2.32. The van der Waals surface area contributed by atoms with Crippen molar-refractivity contribution in [2.75, 3.05) is 0 Å². The Morgan fingerprint density at radius 3 is 2.54 bits per heavy atom. The summed E-state index contributed by atoms with van der Waals surface area (Å²) in [5.74, 6) is -0.705. The monoisotopic (exact) mass is 180 g/mol. The van der Waals surface area contributed by atoms with Gasteiger partial charge in [0.15, 0.2) is 0 Å². The second kappa shape index (κ2) is 5.57. The Hall–Kier alpha value is -1.05. The number of rotatable bonds is 3. The standard InChI is InChI=1S/C11H16O2/c12-11(13)9-5-8-10-6-3-1-2-4-7-10/h1-2,8H,3-7,9H2,(H,12,13). The van der Waals surface area contributed by atoms with Crippen LogP contribution in [0.2, 0.25) is 0 Å². The summed E-state index contributed by atoms with van der Waals surface area (Å²) in [6, 6.07) is 0. The van der Waals surface area contributed by atoms with E-state index < -0.39 is 5.97 Å². The van der Waals surface area contributed by atoms with Crippen LogP contribution in [0.1, 0.15) is 38.5 Å². The van der Waals surface area contributed by atoms with E-state index in [9.17, 15) is 4.79 Å². The molecule has 0 aromatic heterocycles. The summed E-state index contributed by atoms with van der Waals surface area (Å²) < 4.78 is 0. The van der Waals surface area contributed by atoms with E-state index in [1.54, 1.807) is 0 Å². The van der Waals surface area contributed by atoms with Gasteiger partial charge in [-0.25, -0.2) is 0 Å². The summed E-state index contributed by atoms with van der Waals surface area (Å²) in [7, 11) is 0. The van der Waals surface area contributed by atoms with Crippen LogP contribution in [0.25, 0.3) is 0 Å². The lowest BCUT2D eigenvalue weighted by atomic mass is 10.1. The van der Waals surface area contributed by atoms with E-state index in [2.05, 4.69) is 18.2 Å². The van der Waals surface area contributed by atoms with Gasteiger partial charge < -0.3 is 5.11 Å². The minimum atomic E-state index is -0.705. The Morgan fingerprint density at radius 1 is 1.38 bits per heavy atom. The van der Waals surface area contributed by atoms with E-state index in [1.807, 2.05) is 0 Å². The Balaban J connectivity index is 2.29. The summed E-state index contributed by atoms with van der Waals surface area (Å²) in [5.41, 5.74) is 1.42. The third-order valence-corrected chi connectivity index (χ3v) is 2.22. The van der Waals surface area contributed by atoms with Gasteiger partial charge in [0.05, 0.1) is 0 Å². The molecule has 2 nitrogen and oxygen atoms in total. The van der Waals surface area contributed by atoms with E-state index in [0.29, 0.717) is 6.42 Å². The normalized spacial score (nSPS) is 16.8. The molecule has 0 amide bonds. The van der Waals surface area contributed by atoms with Crippen LogP contribution in [0.4, 0.5) is 0 Å². The minimum absolute atomic E-state index is 0.261. The highest BCUT2D eigenvalue weighted by Gasteiger charge is 2.00. The summed E-state index contributed by atoms with van der Waals surface area (Å²) in [6.45, 7) is 0. The first kappa shape index (κ1) is 10.0. The van der Waals surface area contributed by atoms with Crippen molar-refractivity contribution in [3.8, 4) is 0 Å². The molecule has 0 heterocycles. The van der Waals surface area contributed by atoms with Gasteiger partial charge in [0.25, 0.3) is 0 Å². The predicted octanol–water partition coefficient (Wildman–Crippen LogP) is 2.91. The van der Waals surface area contributed by atoms with Gasteiger partial charge in [-0.15, -0.1) is 0 Å². The number of hydrogen-bond donors (Lipinski definition) is 1. The Labute approximate surface area is 79.0 Å². The molecule has 0 bridgehead atoms. The fraction of sp³-hybridized carbons (Fsp3) is 0.545. The van der Waals surface area contributed by atoms with Gasteiger partial charge in [-0.1, -0.05) is 23.8 Å². The highest BCUT2D eigenvalue weighted by atomic mass is 16.4. The first-order chi connectivity index (χ1) is 6.29. The maximum atomic E-state index is 10.3. The summed E-state index contributed by atoms with van der Waals surface area (Å²) in [6.07, 6.45) is 11.9. The van der Waals surface area contributed by atoms with Crippen molar-refractivity contribution in [3.63, 3.8) is 0 Å². The molecule has 1 aliphatic carbocycles. The average molecular weight is 180 g/mol. The molecule has 1 N–H and O–H groups in total. The number of hydrogen-bond acceptors (Lipinski definition) is 1. The number of carboxylic acid groups (broad SMARTS) is 1. The maximum Gasteiger partial charge on any atom is 0.303 e. The molecule has 13 heavy (non-hydrogen) atoms. The molecule has 0 fully saturated rings. The zero-order valence-corrected chi connectivity index (χ0v) is 7.83. The molecule has 1 rings (SSSR count). The van der Waals surface area contributed by atoms with Gasteiger partial charge >= 0.3 is 5.97 Å². The lowest BCUT2D eigenvalue weighted by molar-refractivity contribution is -0.136. The Kier molecular flexibility index (Phi) is 4.30. The Bertz CT molecular complexity index is 214. The van der Waals surface area contributed by atoms with Crippen molar-refractivity contribution >= 4 is 5.97 Å². The van der Waals surface area contributed by atoms with Crippen molar-refractivity contribution in [3.05, 3.63) is 23.8 Å². The number of aliphatic carboxylic acids is 1. The van der Waals surface area contributed by atoms with Crippen LogP contribution in [0.5, 0.6) is 0 Å². The lowest BCUT2D eigenvalue weighted by Gasteiger charge is -2.01. The van der Waals surface area contributed by atoms with Gasteiger partial charge in [-0.05, 0) is 32.1 Å². The highest BCUT2D eigenvalue weighted by molar-refractivity contribution is 5.66. The fourth-order valence-corrected chi connectivity index (χ4v) is 1.50. The number of carbonyl (C=O) groups is 1. The Morgan fingerprint density at radius 2 is 2.00 bits per heavy atom. The van der Waals surface area contributed by atoms with Gasteiger partial charge in [-0.3, -0.25) is 4.79 Å². The second-order valence-electron chi connectivity index (χ2n) is 3.34. The first-order valence-corrected chi connectivity index (χ1v) is 4.84. The number of carboxylic acids is 1. The molecule has 0 spiro atoms. The minimum Gasteiger partial charge on any atom is -0.481 e. The molecule has 0 saturated carbocycles. The van der Waals surface area contributed by atoms with E-state index in [1.165, 1.54) is 5.57 Å². The van der Waals surface area contributed by atoms with Gasteiger partial charge in [0, 0.05) is 6.42 Å². The smallest absolute Gasteiger partial charge is 0.303 e. The largest absolute Gasteiger partial charge is 0.481 e. The SMILES string of the molecule is O=C(O)CCC=C1CCC=CCC1. The van der Waals surface area contributed by atoms with E-state index in [4.69, 9.17) is 5.11 Å². The zero-order chi connectivity index (χ0) is 9.52.